The van der Waals surface area contributed by atoms with Crippen LogP contribution in [0, 0.1) is 13.8 Å². The molecule has 0 saturated heterocycles. The van der Waals surface area contributed by atoms with Gasteiger partial charge in [-0.05, 0) is 45.6 Å². The number of rotatable bonds is 6. The van der Waals surface area contributed by atoms with Gasteiger partial charge in [0.1, 0.15) is 5.82 Å². The number of imidazole rings is 1. The van der Waals surface area contributed by atoms with Gasteiger partial charge in [-0.25, -0.2) is 4.98 Å². The highest BCUT2D eigenvalue weighted by atomic mass is 15.1. The summed E-state index contributed by atoms with van der Waals surface area (Å²) in [5.41, 5.74) is 3.10. The van der Waals surface area contributed by atoms with Gasteiger partial charge in [-0.3, -0.25) is 0 Å². The first-order chi connectivity index (χ1) is 10.1. The van der Waals surface area contributed by atoms with Crippen LogP contribution in [0.1, 0.15) is 36.7 Å². The molecule has 1 saturated carbocycles. The molecule has 1 fully saturated rings. The molecule has 3 rings (SSSR count). The van der Waals surface area contributed by atoms with Gasteiger partial charge in [-0.15, -0.1) is 0 Å². The number of aryl methyl sites for hydroxylation is 2. The molecular formula is C18H25N3. The number of benzene rings is 1. The first-order valence-corrected chi connectivity index (χ1v) is 7.87. The van der Waals surface area contributed by atoms with E-state index in [-0.39, 0.29) is 0 Å². The minimum Gasteiger partial charge on any atom is -0.334 e. The van der Waals surface area contributed by atoms with E-state index in [0.717, 1.165) is 18.8 Å². The van der Waals surface area contributed by atoms with Crippen molar-refractivity contribution < 1.29 is 0 Å². The van der Waals surface area contributed by atoms with E-state index >= 15 is 0 Å². The molecule has 1 unspecified atom stereocenters. The Balaban J connectivity index is 1.58. The first-order valence-electron chi connectivity index (χ1n) is 7.87. The summed E-state index contributed by atoms with van der Waals surface area (Å²) in [7, 11) is 0. The number of nitrogens with one attached hydrogen (secondary N) is 1. The topological polar surface area (TPSA) is 29.9 Å². The molecule has 112 valence electrons. The summed E-state index contributed by atoms with van der Waals surface area (Å²) in [6, 6.07) is 9.42. The molecular weight excluding hydrogens is 258 g/mol. The fraction of sp³-hybridized carbons (Fsp3) is 0.500. The van der Waals surface area contributed by atoms with Crippen LogP contribution in [0.3, 0.4) is 0 Å². The van der Waals surface area contributed by atoms with Crippen molar-refractivity contribution in [2.24, 2.45) is 0 Å². The summed E-state index contributed by atoms with van der Waals surface area (Å²) < 4.78 is 2.22. The zero-order chi connectivity index (χ0) is 14.9. The van der Waals surface area contributed by atoms with Crippen molar-refractivity contribution in [3.05, 3.63) is 53.6 Å². The predicted molar refractivity (Wildman–Crippen MR) is 86.4 cm³/mol. The van der Waals surface area contributed by atoms with E-state index in [1.807, 2.05) is 6.20 Å². The van der Waals surface area contributed by atoms with E-state index in [1.165, 1.54) is 24.0 Å². The minimum atomic E-state index is 0.323. The summed E-state index contributed by atoms with van der Waals surface area (Å²) in [5.74, 6) is 1.09. The summed E-state index contributed by atoms with van der Waals surface area (Å²) in [6.45, 7) is 7.46. The van der Waals surface area contributed by atoms with Gasteiger partial charge >= 0.3 is 0 Å². The molecule has 0 radical (unpaired) electrons. The van der Waals surface area contributed by atoms with Crippen molar-refractivity contribution in [2.75, 3.05) is 0 Å². The maximum Gasteiger partial charge on any atom is 0.105 e. The monoisotopic (exact) mass is 283 g/mol. The molecule has 0 aliphatic heterocycles. The van der Waals surface area contributed by atoms with Gasteiger partial charge in [0.15, 0.2) is 0 Å². The second kappa shape index (κ2) is 5.64. The van der Waals surface area contributed by atoms with Gasteiger partial charge < -0.3 is 9.88 Å². The van der Waals surface area contributed by atoms with Crippen molar-refractivity contribution in [3.8, 4) is 0 Å². The Morgan fingerprint density at radius 2 is 1.95 bits per heavy atom. The highest BCUT2D eigenvalue weighted by Gasteiger charge is 2.43. The van der Waals surface area contributed by atoms with Crippen LogP contribution < -0.4 is 5.32 Å². The molecule has 0 bridgehead atoms. The van der Waals surface area contributed by atoms with Crippen LogP contribution in [0.15, 0.2) is 36.7 Å². The number of hydrogen-bond acceptors (Lipinski definition) is 2. The molecule has 3 heteroatoms. The maximum absolute atomic E-state index is 4.29. The van der Waals surface area contributed by atoms with Crippen molar-refractivity contribution in [1.29, 1.82) is 0 Å². The van der Waals surface area contributed by atoms with E-state index in [1.54, 1.807) is 0 Å². The zero-order valence-corrected chi connectivity index (χ0v) is 13.3. The van der Waals surface area contributed by atoms with Gasteiger partial charge in [0.05, 0.1) is 0 Å². The molecule has 1 N–H and O–H groups in total. The summed E-state index contributed by atoms with van der Waals surface area (Å²) >= 11 is 0. The average Bonchev–Trinajstić information content (AvgIpc) is 3.07. The molecule has 1 aliphatic carbocycles. The molecule has 1 atom stereocenters. The van der Waals surface area contributed by atoms with E-state index in [9.17, 15) is 0 Å². The minimum absolute atomic E-state index is 0.323. The lowest BCUT2D eigenvalue weighted by molar-refractivity contribution is 0.388. The smallest absolute Gasteiger partial charge is 0.105 e. The van der Waals surface area contributed by atoms with Crippen molar-refractivity contribution in [2.45, 2.75) is 58.2 Å². The molecule has 21 heavy (non-hydrogen) atoms. The van der Waals surface area contributed by atoms with Crippen LogP contribution in [0.2, 0.25) is 0 Å². The Morgan fingerprint density at radius 1 is 1.24 bits per heavy atom. The van der Waals surface area contributed by atoms with Crippen LogP contribution in [0.4, 0.5) is 0 Å². The molecule has 1 aromatic heterocycles. The lowest BCUT2D eigenvalue weighted by Gasteiger charge is -2.24. The number of nitrogens with zero attached hydrogens (tertiary/aromatic N) is 2. The predicted octanol–water partition coefficient (Wildman–Crippen LogP) is 3.25. The van der Waals surface area contributed by atoms with Crippen molar-refractivity contribution in [1.82, 2.24) is 14.9 Å². The second-order valence-corrected chi connectivity index (χ2v) is 6.61. The number of aromatic nitrogens is 2. The van der Waals surface area contributed by atoms with Gasteiger partial charge in [-0.2, -0.15) is 0 Å². The van der Waals surface area contributed by atoms with E-state index in [0.29, 0.717) is 11.6 Å². The highest BCUT2D eigenvalue weighted by Crippen LogP contribution is 2.39. The Labute approximate surface area is 127 Å². The van der Waals surface area contributed by atoms with Crippen LogP contribution in [-0.4, -0.2) is 21.1 Å². The molecule has 0 amide bonds. The van der Waals surface area contributed by atoms with Crippen molar-refractivity contribution >= 4 is 0 Å². The third-order valence-electron chi connectivity index (χ3n) is 4.46. The Morgan fingerprint density at radius 3 is 2.52 bits per heavy atom. The Hall–Kier alpha value is -1.61. The largest absolute Gasteiger partial charge is 0.334 e. The SMILES string of the molecule is Cc1ccc(CC2(NC(C)Cn3ccnc3C)CC2)cc1. The molecule has 3 nitrogen and oxygen atoms in total. The molecule has 1 aromatic carbocycles. The third kappa shape index (κ3) is 3.53. The van der Waals surface area contributed by atoms with Gasteiger partial charge in [0.2, 0.25) is 0 Å². The summed E-state index contributed by atoms with van der Waals surface area (Å²) in [4.78, 5) is 4.29. The normalized spacial score (nSPS) is 17.7. The maximum atomic E-state index is 4.29. The van der Waals surface area contributed by atoms with Crippen molar-refractivity contribution in [3.63, 3.8) is 0 Å². The fourth-order valence-corrected chi connectivity index (χ4v) is 3.08. The van der Waals surface area contributed by atoms with Crippen LogP contribution in [-0.2, 0) is 13.0 Å². The van der Waals surface area contributed by atoms with Gasteiger partial charge in [0, 0.05) is 30.5 Å². The quantitative estimate of drug-likeness (QED) is 0.882. The number of hydrogen-bond donors (Lipinski definition) is 1. The Bertz CT molecular complexity index is 593. The zero-order valence-electron chi connectivity index (χ0n) is 13.3. The van der Waals surface area contributed by atoms with Crippen LogP contribution >= 0.6 is 0 Å². The Kier molecular flexibility index (Phi) is 3.85. The van der Waals surface area contributed by atoms with E-state index in [2.05, 4.69) is 66.1 Å². The fourth-order valence-electron chi connectivity index (χ4n) is 3.08. The third-order valence-corrected chi connectivity index (χ3v) is 4.46. The average molecular weight is 283 g/mol. The van der Waals surface area contributed by atoms with Gasteiger partial charge in [0.25, 0.3) is 0 Å². The molecule has 2 aromatic rings. The van der Waals surface area contributed by atoms with Crippen LogP contribution in [0.5, 0.6) is 0 Å². The molecule has 1 heterocycles. The lowest BCUT2D eigenvalue weighted by Crippen LogP contribution is -2.42. The highest BCUT2D eigenvalue weighted by molar-refractivity contribution is 5.25. The second-order valence-electron chi connectivity index (χ2n) is 6.61. The standard InChI is InChI=1S/C18H25N3/c1-14-4-6-17(7-5-14)12-18(8-9-18)20-15(2)13-21-11-10-19-16(21)3/h4-7,10-11,15,20H,8-9,12-13H2,1-3H3. The lowest BCUT2D eigenvalue weighted by atomic mass is 10.0. The summed E-state index contributed by atoms with van der Waals surface area (Å²) in [6.07, 6.45) is 7.65. The first kappa shape index (κ1) is 14.3. The molecule has 1 aliphatic rings. The molecule has 0 spiro atoms. The van der Waals surface area contributed by atoms with Crippen LogP contribution in [0.25, 0.3) is 0 Å². The van der Waals surface area contributed by atoms with E-state index in [4.69, 9.17) is 0 Å². The van der Waals surface area contributed by atoms with E-state index < -0.39 is 0 Å². The van der Waals surface area contributed by atoms with Gasteiger partial charge in [-0.1, -0.05) is 29.8 Å². The summed E-state index contributed by atoms with van der Waals surface area (Å²) in [5, 5.41) is 3.85.